The summed E-state index contributed by atoms with van der Waals surface area (Å²) in [6, 6.07) is 0. The predicted molar refractivity (Wildman–Crippen MR) is 79.7 cm³/mol. The van der Waals surface area contributed by atoms with E-state index < -0.39 is 27.5 Å². The van der Waals surface area contributed by atoms with Gasteiger partial charge >= 0.3 is 5.69 Å². The topological polar surface area (TPSA) is 70.3 Å². The molecule has 7 heteroatoms. The van der Waals surface area contributed by atoms with Crippen molar-refractivity contribution >= 4 is 10.8 Å². The van der Waals surface area contributed by atoms with Crippen molar-refractivity contribution in [2.45, 2.75) is 39.0 Å². The average molecular weight is 302 g/mol. The highest BCUT2D eigenvalue weighted by Gasteiger charge is 2.19. The van der Waals surface area contributed by atoms with Gasteiger partial charge in [-0.3, -0.25) is 18.1 Å². The van der Waals surface area contributed by atoms with Crippen LogP contribution in [0.3, 0.4) is 0 Å². The number of rotatable bonds is 6. The summed E-state index contributed by atoms with van der Waals surface area (Å²) in [5, 5.41) is 0. The molecule has 2 atom stereocenters. The Labute approximate surface area is 120 Å². The van der Waals surface area contributed by atoms with Crippen LogP contribution in [0.15, 0.2) is 9.59 Å². The first-order valence-corrected chi connectivity index (χ1v) is 7.99. The van der Waals surface area contributed by atoms with Crippen molar-refractivity contribution in [1.82, 2.24) is 9.13 Å². The first-order valence-electron chi connectivity index (χ1n) is 6.61. The van der Waals surface area contributed by atoms with Crippen LogP contribution < -0.4 is 16.0 Å². The maximum absolute atomic E-state index is 12.1. The molecule has 0 fully saturated rings. The molecule has 0 aliphatic heterocycles. The average Bonchev–Trinajstić information content (AvgIpc) is 2.44. The Morgan fingerprint density at radius 3 is 2.40 bits per heavy atom. The molecule has 0 spiro atoms. The summed E-state index contributed by atoms with van der Waals surface area (Å²) in [5.74, 6) is 0.634. The van der Waals surface area contributed by atoms with Crippen LogP contribution in [0.4, 0.5) is 0 Å². The summed E-state index contributed by atoms with van der Waals surface area (Å²) in [6.07, 6.45) is 1.81. The highest BCUT2D eigenvalue weighted by molar-refractivity contribution is 7.85. The normalized spacial score (nSPS) is 14.1. The molecule has 0 radical (unpaired) electrons. The quantitative estimate of drug-likeness (QED) is 0.774. The Balaban J connectivity index is 3.08. The Morgan fingerprint density at radius 2 is 1.85 bits per heavy atom. The fourth-order valence-corrected chi connectivity index (χ4v) is 2.83. The second-order valence-electron chi connectivity index (χ2n) is 4.74. The lowest BCUT2D eigenvalue weighted by Gasteiger charge is -2.17. The van der Waals surface area contributed by atoms with E-state index in [4.69, 9.17) is 4.74 Å². The summed E-state index contributed by atoms with van der Waals surface area (Å²) in [6.45, 7) is 5.34. The molecule has 0 saturated heterocycles. The summed E-state index contributed by atoms with van der Waals surface area (Å²) in [7, 11) is 1.81. The third kappa shape index (κ3) is 3.39. The maximum atomic E-state index is 12.1. The Hall–Kier alpha value is -1.37. The minimum absolute atomic E-state index is 0.0898. The fourth-order valence-electron chi connectivity index (χ4n) is 1.72. The van der Waals surface area contributed by atoms with Crippen molar-refractivity contribution in [3.8, 4) is 5.75 Å². The van der Waals surface area contributed by atoms with E-state index in [-0.39, 0.29) is 5.75 Å². The van der Waals surface area contributed by atoms with E-state index in [1.54, 1.807) is 20.9 Å². The van der Waals surface area contributed by atoms with Gasteiger partial charge < -0.3 is 4.74 Å². The van der Waals surface area contributed by atoms with Crippen LogP contribution in [0.1, 0.15) is 32.4 Å². The van der Waals surface area contributed by atoms with Crippen LogP contribution in [0.2, 0.25) is 0 Å². The zero-order valence-corrected chi connectivity index (χ0v) is 13.5. The van der Waals surface area contributed by atoms with Crippen molar-refractivity contribution in [2.75, 3.05) is 5.75 Å². The lowest BCUT2D eigenvalue weighted by Crippen LogP contribution is -2.40. The molecule has 1 heterocycles. The van der Waals surface area contributed by atoms with Gasteiger partial charge in [0.1, 0.15) is 0 Å². The molecule has 0 aromatic carbocycles. The fraction of sp³-hybridized carbons (Fsp3) is 0.692. The van der Waals surface area contributed by atoms with Crippen LogP contribution in [0, 0.1) is 6.92 Å². The second kappa shape index (κ2) is 6.88. The van der Waals surface area contributed by atoms with Gasteiger partial charge in [0.25, 0.3) is 5.56 Å². The van der Waals surface area contributed by atoms with Crippen LogP contribution >= 0.6 is 0 Å². The van der Waals surface area contributed by atoms with Gasteiger partial charge in [-0.1, -0.05) is 13.3 Å². The monoisotopic (exact) mass is 302 g/mol. The molecule has 0 bridgehead atoms. The minimum Gasteiger partial charge on any atom is -0.470 e. The van der Waals surface area contributed by atoms with E-state index in [2.05, 4.69) is 0 Å². The number of nitrogens with zero attached hydrogens (tertiary/aromatic N) is 2. The molecular formula is C13H22N2O4S. The first kappa shape index (κ1) is 16.7. The molecule has 0 saturated carbocycles. The van der Waals surface area contributed by atoms with Crippen molar-refractivity contribution in [3.63, 3.8) is 0 Å². The zero-order valence-electron chi connectivity index (χ0n) is 12.6. The number of unbranched alkanes of at least 4 members (excludes halogenated alkanes) is 1. The van der Waals surface area contributed by atoms with Crippen LogP contribution in [0.25, 0.3) is 0 Å². The van der Waals surface area contributed by atoms with Crippen molar-refractivity contribution in [1.29, 1.82) is 0 Å². The van der Waals surface area contributed by atoms with E-state index in [9.17, 15) is 13.8 Å². The third-order valence-electron chi connectivity index (χ3n) is 3.26. The molecule has 2 unspecified atom stereocenters. The molecule has 20 heavy (non-hydrogen) atoms. The predicted octanol–water partition coefficient (Wildman–Crippen LogP) is 0.666. The van der Waals surface area contributed by atoms with Gasteiger partial charge in [0.15, 0.2) is 5.44 Å². The molecule has 1 rings (SSSR count). The number of hydrogen-bond acceptors (Lipinski definition) is 4. The number of aromatic nitrogens is 2. The molecular weight excluding hydrogens is 280 g/mol. The second-order valence-corrected chi connectivity index (χ2v) is 6.58. The first-order chi connectivity index (χ1) is 9.31. The van der Waals surface area contributed by atoms with Gasteiger partial charge in [0.2, 0.25) is 5.75 Å². The highest BCUT2D eigenvalue weighted by atomic mass is 32.2. The summed E-state index contributed by atoms with van der Waals surface area (Å²) in [5.41, 5.74) is -1.03. The van der Waals surface area contributed by atoms with Crippen molar-refractivity contribution < 1.29 is 8.95 Å². The highest BCUT2D eigenvalue weighted by Crippen LogP contribution is 2.13. The minimum atomic E-state index is -1.16. The molecule has 6 nitrogen and oxygen atoms in total. The summed E-state index contributed by atoms with van der Waals surface area (Å²) < 4.78 is 19.9. The van der Waals surface area contributed by atoms with Gasteiger partial charge in [-0.25, -0.2) is 4.79 Å². The van der Waals surface area contributed by atoms with Crippen LogP contribution in [0.5, 0.6) is 5.75 Å². The van der Waals surface area contributed by atoms with Gasteiger partial charge in [-0.2, -0.15) is 0 Å². The molecule has 1 aromatic rings. The Morgan fingerprint density at radius 1 is 1.25 bits per heavy atom. The molecule has 114 valence electrons. The van der Waals surface area contributed by atoms with Gasteiger partial charge in [-0.05, 0) is 20.3 Å². The molecule has 0 aliphatic carbocycles. The standard InChI is InChI=1S/C13H22N2O4S/c1-6-7-8-20(18)10(3)19-11-9(2)14(4)13(17)15(5)12(11)16/h10H,6-8H2,1-5H3. The van der Waals surface area contributed by atoms with E-state index in [0.29, 0.717) is 11.4 Å². The third-order valence-corrected chi connectivity index (χ3v) is 4.79. The maximum Gasteiger partial charge on any atom is 0.330 e. The van der Waals surface area contributed by atoms with E-state index in [1.165, 1.54) is 11.6 Å². The molecule has 0 N–H and O–H groups in total. The zero-order chi connectivity index (χ0) is 15.4. The summed E-state index contributed by atoms with van der Waals surface area (Å²) in [4.78, 5) is 23.8. The lowest BCUT2D eigenvalue weighted by molar-refractivity contribution is 0.287. The number of ether oxygens (including phenoxy) is 1. The van der Waals surface area contributed by atoms with Gasteiger partial charge in [-0.15, -0.1) is 0 Å². The van der Waals surface area contributed by atoms with Crippen molar-refractivity contribution in [3.05, 3.63) is 26.5 Å². The number of hydrogen-bond donors (Lipinski definition) is 0. The van der Waals surface area contributed by atoms with Crippen molar-refractivity contribution in [2.24, 2.45) is 14.1 Å². The van der Waals surface area contributed by atoms with Crippen LogP contribution in [-0.2, 0) is 24.9 Å². The van der Waals surface area contributed by atoms with Gasteiger partial charge in [0.05, 0.1) is 16.5 Å². The van der Waals surface area contributed by atoms with E-state index >= 15 is 0 Å². The lowest BCUT2D eigenvalue weighted by atomic mass is 10.4. The summed E-state index contributed by atoms with van der Waals surface area (Å²) >= 11 is 0. The molecule has 1 aromatic heterocycles. The Bertz CT molecular complexity index is 618. The largest absolute Gasteiger partial charge is 0.470 e. The van der Waals surface area contributed by atoms with Gasteiger partial charge in [0, 0.05) is 19.8 Å². The molecule has 0 aliphatic rings. The van der Waals surface area contributed by atoms with E-state index in [0.717, 1.165) is 17.4 Å². The van der Waals surface area contributed by atoms with Crippen LogP contribution in [-0.4, -0.2) is 24.5 Å². The molecule has 0 amide bonds. The Kier molecular flexibility index (Phi) is 5.74. The van der Waals surface area contributed by atoms with E-state index in [1.807, 2.05) is 6.92 Å². The smallest absolute Gasteiger partial charge is 0.330 e. The SMILES string of the molecule is CCCCS(=O)C(C)Oc1c(C)n(C)c(=O)n(C)c1=O.